The molecule has 0 aliphatic carbocycles. The Bertz CT molecular complexity index is 152. The van der Waals surface area contributed by atoms with Crippen molar-refractivity contribution in [3.63, 3.8) is 0 Å². The highest BCUT2D eigenvalue weighted by Gasteiger charge is 2.21. The minimum atomic E-state index is 0.281. The SMILES string of the molecule is CCCCN1CCC(C)NCC1CO. The van der Waals surface area contributed by atoms with Crippen LogP contribution < -0.4 is 5.32 Å². The molecular formula is C11H24N2O. The minimum absolute atomic E-state index is 0.281. The summed E-state index contributed by atoms with van der Waals surface area (Å²) >= 11 is 0. The molecule has 1 aliphatic heterocycles. The second kappa shape index (κ2) is 6.38. The Labute approximate surface area is 87.5 Å². The van der Waals surface area contributed by atoms with Crippen LogP contribution in [0.15, 0.2) is 0 Å². The van der Waals surface area contributed by atoms with E-state index in [1.807, 2.05) is 0 Å². The predicted molar refractivity (Wildman–Crippen MR) is 59.4 cm³/mol. The van der Waals surface area contributed by atoms with Crippen LogP contribution in [0.2, 0.25) is 0 Å². The van der Waals surface area contributed by atoms with Gasteiger partial charge in [0.05, 0.1) is 6.61 Å². The first-order valence-electron chi connectivity index (χ1n) is 5.86. The van der Waals surface area contributed by atoms with Crippen molar-refractivity contribution in [2.75, 3.05) is 26.2 Å². The first-order chi connectivity index (χ1) is 6.77. The molecule has 0 amide bonds. The van der Waals surface area contributed by atoms with Gasteiger partial charge in [0.1, 0.15) is 0 Å². The lowest BCUT2D eigenvalue weighted by Gasteiger charge is -2.27. The minimum Gasteiger partial charge on any atom is -0.395 e. The molecule has 2 unspecified atom stereocenters. The van der Waals surface area contributed by atoms with E-state index < -0.39 is 0 Å². The van der Waals surface area contributed by atoms with E-state index in [0.29, 0.717) is 12.1 Å². The zero-order chi connectivity index (χ0) is 10.4. The molecular weight excluding hydrogens is 176 g/mol. The summed E-state index contributed by atoms with van der Waals surface area (Å²) in [6.45, 7) is 7.91. The van der Waals surface area contributed by atoms with E-state index in [4.69, 9.17) is 0 Å². The molecule has 0 bridgehead atoms. The molecule has 0 aromatic heterocycles. The van der Waals surface area contributed by atoms with Gasteiger partial charge in [0.25, 0.3) is 0 Å². The first kappa shape index (κ1) is 12.0. The maximum absolute atomic E-state index is 9.29. The van der Waals surface area contributed by atoms with Crippen LogP contribution in [0.25, 0.3) is 0 Å². The summed E-state index contributed by atoms with van der Waals surface area (Å²) < 4.78 is 0. The maximum atomic E-state index is 9.29. The highest BCUT2D eigenvalue weighted by Crippen LogP contribution is 2.08. The molecule has 3 nitrogen and oxygen atoms in total. The third-order valence-corrected chi connectivity index (χ3v) is 3.08. The van der Waals surface area contributed by atoms with Gasteiger partial charge in [-0.1, -0.05) is 13.3 Å². The molecule has 14 heavy (non-hydrogen) atoms. The lowest BCUT2D eigenvalue weighted by Crippen LogP contribution is -2.43. The number of aliphatic hydroxyl groups is 1. The average molecular weight is 200 g/mol. The highest BCUT2D eigenvalue weighted by molar-refractivity contribution is 4.80. The summed E-state index contributed by atoms with van der Waals surface area (Å²) in [6.07, 6.45) is 3.67. The van der Waals surface area contributed by atoms with Gasteiger partial charge in [-0.3, -0.25) is 4.90 Å². The average Bonchev–Trinajstić information content (AvgIpc) is 2.37. The van der Waals surface area contributed by atoms with Gasteiger partial charge in [-0.15, -0.1) is 0 Å². The van der Waals surface area contributed by atoms with Crippen molar-refractivity contribution < 1.29 is 5.11 Å². The second-order valence-corrected chi connectivity index (χ2v) is 4.32. The summed E-state index contributed by atoms with van der Waals surface area (Å²) in [5, 5.41) is 12.7. The van der Waals surface area contributed by atoms with Crippen molar-refractivity contribution >= 4 is 0 Å². The van der Waals surface area contributed by atoms with E-state index in [0.717, 1.165) is 19.6 Å². The molecule has 0 radical (unpaired) electrons. The Morgan fingerprint density at radius 3 is 2.93 bits per heavy atom. The van der Waals surface area contributed by atoms with Crippen molar-refractivity contribution in [1.82, 2.24) is 10.2 Å². The summed E-state index contributed by atoms with van der Waals surface area (Å²) in [5.74, 6) is 0. The van der Waals surface area contributed by atoms with Crippen molar-refractivity contribution in [1.29, 1.82) is 0 Å². The molecule has 1 saturated heterocycles. The van der Waals surface area contributed by atoms with Crippen LogP contribution >= 0.6 is 0 Å². The number of nitrogens with zero attached hydrogens (tertiary/aromatic N) is 1. The molecule has 2 N–H and O–H groups in total. The van der Waals surface area contributed by atoms with Gasteiger partial charge in [-0.2, -0.15) is 0 Å². The molecule has 1 aliphatic rings. The molecule has 0 aromatic rings. The van der Waals surface area contributed by atoms with E-state index >= 15 is 0 Å². The van der Waals surface area contributed by atoms with Crippen LogP contribution in [0.5, 0.6) is 0 Å². The zero-order valence-electron chi connectivity index (χ0n) is 9.50. The van der Waals surface area contributed by atoms with Crippen molar-refractivity contribution in [3.8, 4) is 0 Å². The Morgan fingerprint density at radius 1 is 1.50 bits per heavy atom. The van der Waals surface area contributed by atoms with Crippen LogP contribution in [-0.4, -0.2) is 48.3 Å². The molecule has 0 aromatic carbocycles. The van der Waals surface area contributed by atoms with Gasteiger partial charge in [-0.05, 0) is 26.3 Å². The predicted octanol–water partition coefficient (Wildman–Crippen LogP) is 0.831. The van der Waals surface area contributed by atoms with Gasteiger partial charge in [0.2, 0.25) is 0 Å². The Hall–Kier alpha value is -0.120. The molecule has 2 atom stereocenters. The third kappa shape index (κ3) is 3.56. The summed E-state index contributed by atoms with van der Waals surface area (Å²) in [6, 6.07) is 0.919. The number of hydrogen-bond donors (Lipinski definition) is 2. The van der Waals surface area contributed by atoms with Gasteiger partial charge in [-0.25, -0.2) is 0 Å². The quantitative estimate of drug-likeness (QED) is 0.705. The summed E-state index contributed by atoms with van der Waals surface area (Å²) in [7, 11) is 0. The lowest BCUT2D eigenvalue weighted by molar-refractivity contribution is 0.130. The van der Waals surface area contributed by atoms with E-state index in [-0.39, 0.29) is 6.61 Å². The topological polar surface area (TPSA) is 35.5 Å². The van der Waals surface area contributed by atoms with Gasteiger partial charge in [0.15, 0.2) is 0 Å². The highest BCUT2D eigenvalue weighted by atomic mass is 16.3. The third-order valence-electron chi connectivity index (χ3n) is 3.08. The number of aliphatic hydroxyl groups excluding tert-OH is 1. The van der Waals surface area contributed by atoms with Crippen molar-refractivity contribution in [2.45, 2.75) is 45.2 Å². The molecule has 84 valence electrons. The number of hydrogen-bond acceptors (Lipinski definition) is 3. The molecule has 1 heterocycles. The number of unbranched alkanes of at least 4 members (excludes halogenated alkanes) is 1. The second-order valence-electron chi connectivity index (χ2n) is 4.32. The Morgan fingerprint density at radius 2 is 2.29 bits per heavy atom. The maximum Gasteiger partial charge on any atom is 0.0599 e. The van der Waals surface area contributed by atoms with Gasteiger partial charge >= 0.3 is 0 Å². The fourth-order valence-electron chi connectivity index (χ4n) is 1.95. The zero-order valence-corrected chi connectivity index (χ0v) is 9.50. The van der Waals surface area contributed by atoms with Crippen LogP contribution in [0, 0.1) is 0 Å². The lowest BCUT2D eigenvalue weighted by atomic mass is 10.2. The number of nitrogens with one attached hydrogen (secondary N) is 1. The van der Waals surface area contributed by atoms with E-state index in [1.54, 1.807) is 0 Å². The molecule has 0 saturated carbocycles. The van der Waals surface area contributed by atoms with E-state index in [1.165, 1.54) is 19.3 Å². The standard InChI is InChI=1S/C11H24N2O/c1-3-4-6-13-7-5-10(2)12-8-11(13)9-14/h10-12,14H,3-9H2,1-2H3. The monoisotopic (exact) mass is 200 g/mol. The summed E-state index contributed by atoms with van der Waals surface area (Å²) in [5.41, 5.74) is 0. The van der Waals surface area contributed by atoms with Gasteiger partial charge in [0, 0.05) is 25.2 Å². The van der Waals surface area contributed by atoms with Crippen LogP contribution in [0.4, 0.5) is 0 Å². The Balaban J connectivity index is 2.41. The van der Waals surface area contributed by atoms with Crippen LogP contribution in [0.3, 0.4) is 0 Å². The van der Waals surface area contributed by atoms with Crippen molar-refractivity contribution in [2.24, 2.45) is 0 Å². The molecule has 1 rings (SSSR count). The molecule has 1 fully saturated rings. The smallest absolute Gasteiger partial charge is 0.0599 e. The normalized spacial score (nSPS) is 30.2. The first-order valence-corrected chi connectivity index (χ1v) is 5.86. The van der Waals surface area contributed by atoms with E-state index in [2.05, 4.69) is 24.1 Å². The fraction of sp³-hybridized carbons (Fsp3) is 1.00. The van der Waals surface area contributed by atoms with Crippen LogP contribution in [-0.2, 0) is 0 Å². The largest absolute Gasteiger partial charge is 0.395 e. The molecule has 0 spiro atoms. The summed E-state index contributed by atoms with van der Waals surface area (Å²) in [4.78, 5) is 2.43. The van der Waals surface area contributed by atoms with E-state index in [9.17, 15) is 5.11 Å². The van der Waals surface area contributed by atoms with Crippen LogP contribution in [0.1, 0.15) is 33.1 Å². The molecule has 3 heteroatoms. The van der Waals surface area contributed by atoms with Gasteiger partial charge < -0.3 is 10.4 Å². The Kier molecular flexibility index (Phi) is 5.45. The van der Waals surface area contributed by atoms with Crippen molar-refractivity contribution in [3.05, 3.63) is 0 Å². The fourth-order valence-corrected chi connectivity index (χ4v) is 1.95. The number of rotatable bonds is 4.